The number of hydrogen-bond donors (Lipinski definition) is 0. The molecule has 1 aromatic carbocycles. The van der Waals surface area contributed by atoms with Crippen LogP contribution in [0.3, 0.4) is 0 Å². The van der Waals surface area contributed by atoms with Gasteiger partial charge < -0.3 is 0 Å². The molecule has 19 heavy (non-hydrogen) atoms. The molecule has 0 aromatic heterocycles. The molecule has 0 bridgehead atoms. The van der Waals surface area contributed by atoms with Crippen LogP contribution in [0.4, 0.5) is 0 Å². The second-order valence-corrected chi connectivity index (χ2v) is 8.39. The van der Waals surface area contributed by atoms with Crippen LogP contribution in [0.25, 0.3) is 0 Å². The zero-order valence-corrected chi connectivity index (χ0v) is 13.8. The van der Waals surface area contributed by atoms with Gasteiger partial charge in [-0.15, -0.1) is 0 Å². The van der Waals surface area contributed by atoms with Crippen molar-refractivity contribution in [1.82, 2.24) is 0 Å². The average molecular weight is 318 g/mol. The van der Waals surface area contributed by atoms with Gasteiger partial charge in [0.2, 0.25) is 0 Å². The van der Waals surface area contributed by atoms with Crippen molar-refractivity contribution in [3.63, 3.8) is 0 Å². The van der Waals surface area contributed by atoms with Crippen LogP contribution in [-0.4, -0.2) is 13.9 Å². The van der Waals surface area contributed by atoms with Crippen LogP contribution in [0.5, 0.6) is 0 Å². The summed E-state index contributed by atoms with van der Waals surface area (Å²) in [5.74, 6) is 0. The SMILES string of the molecule is C=C/C(=C\C)[Se](/C(=C/C=C\C)CC)c1ccccc1. The molecule has 0 spiro atoms. The summed E-state index contributed by atoms with van der Waals surface area (Å²) in [7, 11) is 0. The molecule has 0 N–H and O–H groups in total. The Morgan fingerprint density at radius 1 is 1.21 bits per heavy atom. The monoisotopic (exact) mass is 319 g/mol. The van der Waals surface area contributed by atoms with E-state index in [9.17, 15) is 0 Å². The Bertz CT molecular complexity index is 478. The summed E-state index contributed by atoms with van der Waals surface area (Å²) in [5.41, 5.74) is 0. The first-order valence-corrected chi connectivity index (χ1v) is 9.25. The molecule has 0 fully saturated rings. The normalized spacial score (nSPS) is 13.3. The molecule has 0 unspecified atom stereocenters. The zero-order chi connectivity index (χ0) is 14.1. The second kappa shape index (κ2) is 8.74. The minimum absolute atomic E-state index is 1.09. The molecule has 0 aliphatic rings. The minimum atomic E-state index is -1.14. The molecule has 0 amide bonds. The van der Waals surface area contributed by atoms with E-state index in [-0.39, 0.29) is 0 Å². The Morgan fingerprint density at radius 3 is 2.37 bits per heavy atom. The van der Waals surface area contributed by atoms with Crippen LogP contribution in [0.1, 0.15) is 27.2 Å². The van der Waals surface area contributed by atoms with E-state index >= 15 is 0 Å². The van der Waals surface area contributed by atoms with Gasteiger partial charge in [0.25, 0.3) is 0 Å². The molecule has 0 heterocycles. The molecule has 1 rings (SSSR count). The fraction of sp³-hybridized carbons (Fsp3) is 0.222. The first kappa shape index (κ1) is 15.8. The third-order valence-electron chi connectivity index (χ3n) is 2.79. The second-order valence-electron chi connectivity index (χ2n) is 4.03. The number of hydrogen-bond acceptors (Lipinski definition) is 0. The summed E-state index contributed by atoms with van der Waals surface area (Å²) in [6.45, 7) is 10.4. The van der Waals surface area contributed by atoms with E-state index < -0.39 is 13.9 Å². The molecule has 1 radical (unpaired) electrons. The van der Waals surface area contributed by atoms with Gasteiger partial charge in [0, 0.05) is 0 Å². The first-order valence-electron chi connectivity index (χ1n) is 6.68. The van der Waals surface area contributed by atoms with Gasteiger partial charge in [0.05, 0.1) is 0 Å². The van der Waals surface area contributed by atoms with Crippen molar-refractivity contribution in [3.8, 4) is 0 Å². The van der Waals surface area contributed by atoms with Crippen molar-refractivity contribution in [2.45, 2.75) is 27.2 Å². The van der Waals surface area contributed by atoms with Gasteiger partial charge in [0.15, 0.2) is 0 Å². The van der Waals surface area contributed by atoms with E-state index in [1.165, 1.54) is 13.4 Å². The summed E-state index contributed by atoms with van der Waals surface area (Å²) in [6, 6.07) is 10.8. The third kappa shape index (κ3) is 4.38. The summed E-state index contributed by atoms with van der Waals surface area (Å²) in [6.07, 6.45) is 11.8. The van der Waals surface area contributed by atoms with Crippen LogP contribution in [-0.2, 0) is 0 Å². The molecule has 1 heteroatoms. The first-order chi connectivity index (χ1) is 9.28. The maximum atomic E-state index is 3.99. The number of benzene rings is 1. The average Bonchev–Trinajstić information content (AvgIpc) is 2.48. The molecule has 0 saturated heterocycles. The molecule has 0 saturated carbocycles. The third-order valence-corrected chi connectivity index (χ3v) is 8.17. The van der Waals surface area contributed by atoms with Crippen molar-refractivity contribution in [1.29, 1.82) is 0 Å². The molecular formula is C18H23Se. The van der Waals surface area contributed by atoms with E-state index in [4.69, 9.17) is 0 Å². The van der Waals surface area contributed by atoms with Crippen molar-refractivity contribution in [3.05, 3.63) is 76.2 Å². The van der Waals surface area contributed by atoms with E-state index in [0.29, 0.717) is 0 Å². The quantitative estimate of drug-likeness (QED) is 0.535. The molecule has 0 aliphatic heterocycles. The van der Waals surface area contributed by atoms with Gasteiger partial charge in [-0.2, -0.15) is 0 Å². The van der Waals surface area contributed by atoms with Crippen molar-refractivity contribution < 1.29 is 0 Å². The van der Waals surface area contributed by atoms with Crippen LogP contribution < -0.4 is 4.46 Å². The van der Waals surface area contributed by atoms with Crippen LogP contribution >= 0.6 is 0 Å². The maximum absolute atomic E-state index is 3.99. The van der Waals surface area contributed by atoms with Gasteiger partial charge in [0.1, 0.15) is 0 Å². The Balaban J connectivity index is 3.30. The Kier molecular flexibility index (Phi) is 7.25. The predicted octanol–water partition coefficient (Wildman–Crippen LogP) is 4.51. The van der Waals surface area contributed by atoms with Gasteiger partial charge in [-0.3, -0.25) is 0 Å². The molecule has 1 aromatic rings. The Morgan fingerprint density at radius 2 is 1.89 bits per heavy atom. The van der Waals surface area contributed by atoms with Gasteiger partial charge in [-0.05, 0) is 0 Å². The fourth-order valence-electron chi connectivity index (χ4n) is 1.85. The van der Waals surface area contributed by atoms with E-state index in [2.05, 4.69) is 82.0 Å². The summed E-state index contributed by atoms with van der Waals surface area (Å²) < 4.78 is 4.38. The van der Waals surface area contributed by atoms with Gasteiger partial charge in [-0.1, -0.05) is 0 Å². The Labute approximate surface area is 122 Å². The van der Waals surface area contributed by atoms with Gasteiger partial charge >= 0.3 is 122 Å². The van der Waals surface area contributed by atoms with Gasteiger partial charge in [-0.25, -0.2) is 0 Å². The van der Waals surface area contributed by atoms with Crippen LogP contribution in [0, 0.1) is 0 Å². The van der Waals surface area contributed by atoms with Crippen molar-refractivity contribution in [2.24, 2.45) is 0 Å². The Hall–Kier alpha value is -1.30. The van der Waals surface area contributed by atoms with Crippen LogP contribution in [0.15, 0.2) is 76.2 Å². The number of allylic oxidation sites excluding steroid dienone is 7. The fourth-order valence-corrected chi connectivity index (χ4v) is 6.49. The summed E-state index contributed by atoms with van der Waals surface area (Å²) in [5, 5.41) is 0. The molecule has 101 valence electrons. The van der Waals surface area contributed by atoms with E-state index in [1.807, 2.05) is 6.08 Å². The molecular weight excluding hydrogens is 295 g/mol. The number of rotatable bonds is 6. The van der Waals surface area contributed by atoms with Crippen molar-refractivity contribution in [2.75, 3.05) is 0 Å². The topological polar surface area (TPSA) is 0 Å². The zero-order valence-electron chi connectivity index (χ0n) is 12.1. The predicted molar refractivity (Wildman–Crippen MR) is 89.0 cm³/mol. The molecule has 0 nitrogen and oxygen atoms in total. The summed E-state index contributed by atoms with van der Waals surface area (Å²) in [4.78, 5) is 0. The standard InChI is InChI=1S/C18H23Se/c1-5-9-13-17(8-4)19(16(6-2)7-3)18-14-11-10-12-15-18/h5-7,9-15H,2,8H2,1,3-4H3/b9-5-,16-7+,17-13+. The van der Waals surface area contributed by atoms with E-state index in [0.717, 1.165) is 6.42 Å². The summed E-state index contributed by atoms with van der Waals surface area (Å²) >= 11 is -1.14. The molecule has 0 atom stereocenters. The molecule has 0 aliphatic carbocycles. The van der Waals surface area contributed by atoms with Crippen molar-refractivity contribution >= 4 is 18.4 Å². The van der Waals surface area contributed by atoms with Crippen LogP contribution in [0.2, 0.25) is 0 Å². The van der Waals surface area contributed by atoms with E-state index in [1.54, 1.807) is 0 Å².